The average Bonchev–Trinajstić information content (AvgIpc) is 2.41. The predicted molar refractivity (Wildman–Crippen MR) is 75.9 cm³/mol. The second kappa shape index (κ2) is 5.56. The van der Waals surface area contributed by atoms with E-state index in [1.54, 1.807) is 0 Å². The number of nitrogens with one attached hydrogen (secondary N) is 2. The van der Waals surface area contributed by atoms with Crippen LogP contribution in [-0.4, -0.2) is 20.5 Å². The van der Waals surface area contributed by atoms with E-state index in [4.69, 9.17) is 16.3 Å². The maximum Gasteiger partial charge on any atom is 0.261 e. The highest BCUT2D eigenvalue weighted by Gasteiger charge is 2.16. The van der Waals surface area contributed by atoms with Gasteiger partial charge < -0.3 is 9.72 Å². The molecule has 106 valence electrons. The maximum absolute atomic E-state index is 12.1. The second-order valence-corrected chi connectivity index (χ2v) is 5.93. The van der Waals surface area contributed by atoms with Gasteiger partial charge >= 0.3 is 0 Å². The second-order valence-electron chi connectivity index (χ2n) is 3.84. The number of hydrogen-bond acceptors (Lipinski definition) is 4. The summed E-state index contributed by atoms with van der Waals surface area (Å²) < 4.78 is 31.6. The molecule has 6 nitrogen and oxygen atoms in total. The molecule has 0 bridgehead atoms. The predicted octanol–water partition coefficient (Wildman–Crippen LogP) is 1.84. The Balaban J connectivity index is 2.33. The number of benzene rings is 1. The summed E-state index contributed by atoms with van der Waals surface area (Å²) in [4.78, 5) is 13.3. The van der Waals surface area contributed by atoms with Crippen LogP contribution < -0.4 is 15.0 Å². The number of aromatic amines is 1. The molecule has 2 rings (SSSR count). The van der Waals surface area contributed by atoms with Crippen molar-refractivity contribution in [2.75, 3.05) is 11.8 Å². The van der Waals surface area contributed by atoms with E-state index in [2.05, 4.69) is 9.71 Å². The Labute approximate surface area is 120 Å². The number of H-pyrrole nitrogens is 1. The summed E-state index contributed by atoms with van der Waals surface area (Å²) in [6.07, 6.45) is 1.27. The van der Waals surface area contributed by atoms with Crippen LogP contribution in [-0.2, 0) is 10.0 Å². The van der Waals surface area contributed by atoms with E-state index in [9.17, 15) is 13.2 Å². The number of methoxy groups -OCH3 is 1. The molecule has 0 saturated carbocycles. The fourth-order valence-corrected chi connectivity index (χ4v) is 2.90. The molecule has 0 aliphatic carbocycles. The van der Waals surface area contributed by atoms with Crippen molar-refractivity contribution < 1.29 is 13.2 Å². The molecule has 0 saturated heterocycles. The highest BCUT2D eigenvalue weighted by Crippen LogP contribution is 2.27. The molecule has 1 heterocycles. The molecular weight excluding hydrogens is 304 g/mol. The van der Waals surface area contributed by atoms with Crippen LogP contribution in [0.5, 0.6) is 5.75 Å². The van der Waals surface area contributed by atoms with Crippen LogP contribution >= 0.6 is 11.6 Å². The first-order valence-electron chi connectivity index (χ1n) is 5.47. The number of rotatable bonds is 4. The number of pyridine rings is 1. The van der Waals surface area contributed by atoms with Gasteiger partial charge in [0.2, 0.25) is 5.56 Å². The summed E-state index contributed by atoms with van der Waals surface area (Å²) in [5.74, 6) is 0.384. The molecule has 0 atom stereocenters. The lowest BCUT2D eigenvalue weighted by Crippen LogP contribution is -2.14. The van der Waals surface area contributed by atoms with Gasteiger partial charge in [-0.1, -0.05) is 11.6 Å². The first-order valence-corrected chi connectivity index (χ1v) is 7.33. The molecule has 20 heavy (non-hydrogen) atoms. The van der Waals surface area contributed by atoms with Crippen molar-refractivity contribution in [3.8, 4) is 5.75 Å². The Kier molecular flexibility index (Phi) is 4.01. The summed E-state index contributed by atoms with van der Waals surface area (Å²) in [6, 6.07) is 6.71. The fraction of sp³-hybridized carbons (Fsp3) is 0.0833. The molecular formula is C12H11ClN2O4S. The zero-order valence-electron chi connectivity index (χ0n) is 10.4. The monoisotopic (exact) mass is 314 g/mol. The third-order valence-electron chi connectivity index (χ3n) is 2.47. The molecule has 1 aromatic carbocycles. The summed E-state index contributed by atoms with van der Waals surface area (Å²) in [7, 11) is -2.35. The van der Waals surface area contributed by atoms with E-state index in [0.29, 0.717) is 5.75 Å². The smallest absolute Gasteiger partial charge is 0.261 e. The van der Waals surface area contributed by atoms with Gasteiger partial charge in [0, 0.05) is 12.3 Å². The quantitative estimate of drug-likeness (QED) is 0.901. The van der Waals surface area contributed by atoms with Crippen LogP contribution in [0.2, 0.25) is 5.02 Å². The Morgan fingerprint density at radius 3 is 2.55 bits per heavy atom. The molecule has 8 heteroatoms. The lowest BCUT2D eigenvalue weighted by atomic mass is 10.3. The molecule has 0 radical (unpaired) electrons. The lowest BCUT2D eigenvalue weighted by Gasteiger charge is -2.09. The first kappa shape index (κ1) is 14.4. The van der Waals surface area contributed by atoms with Gasteiger partial charge in [-0.3, -0.25) is 9.52 Å². The highest BCUT2D eigenvalue weighted by molar-refractivity contribution is 7.92. The molecule has 0 amide bonds. The number of aromatic nitrogens is 1. The van der Waals surface area contributed by atoms with Gasteiger partial charge in [-0.05, 0) is 24.3 Å². The third-order valence-corrected chi connectivity index (χ3v) is 4.14. The Hall–Kier alpha value is -1.99. The van der Waals surface area contributed by atoms with Gasteiger partial charge in [0.25, 0.3) is 10.0 Å². The highest BCUT2D eigenvalue weighted by atomic mass is 35.5. The minimum Gasteiger partial charge on any atom is -0.495 e. The van der Waals surface area contributed by atoms with E-state index in [1.165, 1.54) is 43.6 Å². The third kappa shape index (κ3) is 3.12. The number of hydrogen-bond donors (Lipinski definition) is 2. The van der Waals surface area contributed by atoms with Crippen LogP contribution in [0.4, 0.5) is 5.69 Å². The van der Waals surface area contributed by atoms with Crippen LogP contribution in [0, 0.1) is 0 Å². The minimum atomic E-state index is -3.79. The van der Waals surface area contributed by atoms with Crippen molar-refractivity contribution in [2.24, 2.45) is 0 Å². The molecule has 0 aliphatic rings. The molecule has 0 fully saturated rings. The summed E-state index contributed by atoms with van der Waals surface area (Å²) in [5.41, 5.74) is -0.0722. The molecule has 2 aromatic rings. The van der Waals surface area contributed by atoms with Gasteiger partial charge in [-0.15, -0.1) is 0 Å². The molecule has 0 aliphatic heterocycles. The molecule has 0 spiro atoms. The number of sulfonamides is 1. The van der Waals surface area contributed by atoms with Gasteiger partial charge in [-0.25, -0.2) is 8.42 Å². The van der Waals surface area contributed by atoms with Gasteiger partial charge in [0.1, 0.15) is 5.75 Å². The van der Waals surface area contributed by atoms with Crippen LogP contribution in [0.3, 0.4) is 0 Å². The summed E-state index contributed by atoms with van der Waals surface area (Å²) in [6.45, 7) is 0. The normalized spacial score (nSPS) is 11.1. The lowest BCUT2D eigenvalue weighted by molar-refractivity contribution is 0.414. The van der Waals surface area contributed by atoms with Crippen molar-refractivity contribution in [3.63, 3.8) is 0 Å². The number of halogens is 1. The van der Waals surface area contributed by atoms with Gasteiger partial charge in [0.15, 0.2) is 0 Å². The molecule has 1 aromatic heterocycles. The van der Waals surface area contributed by atoms with E-state index >= 15 is 0 Å². The molecule has 0 unspecified atom stereocenters. The van der Waals surface area contributed by atoms with Crippen LogP contribution in [0.15, 0.2) is 46.2 Å². The van der Waals surface area contributed by atoms with Crippen molar-refractivity contribution in [1.82, 2.24) is 4.98 Å². The Morgan fingerprint density at radius 2 is 2.00 bits per heavy atom. The minimum absolute atomic E-state index is 0.00509. The van der Waals surface area contributed by atoms with Gasteiger partial charge in [-0.2, -0.15) is 0 Å². The van der Waals surface area contributed by atoms with Crippen LogP contribution in [0.1, 0.15) is 0 Å². The number of ether oxygens (including phenoxy) is 1. The van der Waals surface area contributed by atoms with Crippen molar-refractivity contribution >= 4 is 27.3 Å². The summed E-state index contributed by atoms with van der Waals surface area (Å²) in [5, 5.41) is 0.192. The summed E-state index contributed by atoms with van der Waals surface area (Å²) >= 11 is 5.89. The van der Waals surface area contributed by atoms with E-state index < -0.39 is 10.0 Å². The topological polar surface area (TPSA) is 88.3 Å². The maximum atomic E-state index is 12.1. The van der Waals surface area contributed by atoms with E-state index in [1.807, 2.05) is 0 Å². The standard InChI is InChI=1S/C12H11ClN2O4S/c1-19-11-4-3-9(6-10(11)13)20(17,18)15-8-2-5-12(16)14-7-8/h2-7,15H,1H3,(H,14,16). The average molecular weight is 315 g/mol. The fourth-order valence-electron chi connectivity index (χ4n) is 1.50. The van der Waals surface area contributed by atoms with Crippen molar-refractivity contribution in [2.45, 2.75) is 4.90 Å². The Morgan fingerprint density at radius 1 is 1.25 bits per heavy atom. The SMILES string of the molecule is COc1ccc(S(=O)(=O)Nc2ccc(=O)[nH]c2)cc1Cl. The van der Waals surface area contributed by atoms with Gasteiger partial charge in [0.05, 0.1) is 22.7 Å². The van der Waals surface area contributed by atoms with Crippen molar-refractivity contribution in [3.05, 3.63) is 51.9 Å². The van der Waals surface area contributed by atoms with E-state index in [-0.39, 0.29) is 21.2 Å². The van der Waals surface area contributed by atoms with Crippen molar-refractivity contribution in [1.29, 1.82) is 0 Å². The zero-order chi connectivity index (χ0) is 14.8. The van der Waals surface area contributed by atoms with E-state index in [0.717, 1.165) is 0 Å². The number of anilines is 1. The zero-order valence-corrected chi connectivity index (χ0v) is 12.0. The first-order chi connectivity index (χ1) is 9.42. The Bertz CT molecular complexity index is 766. The largest absolute Gasteiger partial charge is 0.495 e. The van der Waals surface area contributed by atoms with Crippen LogP contribution in [0.25, 0.3) is 0 Å². The molecule has 2 N–H and O–H groups in total.